The summed E-state index contributed by atoms with van der Waals surface area (Å²) in [5.74, 6) is -0.0821. The number of nitrogens with zero attached hydrogens (tertiary/aromatic N) is 4. The van der Waals surface area contributed by atoms with Crippen LogP contribution in [0.1, 0.15) is 10.5 Å². The minimum atomic E-state index is -0.342. The quantitative estimate of drug-likeness (QED) is 0.557. The topological polar surface area (TPSA) is 61.9 Å². The van der Waals surface area contributed by atoms with Crippen molar-refractivity contribution in [1.82, 2.24) is 19.3 Å². The van der Waals surface area contributed by atoms with Crippen LogP contribution in [0, 0.1) is 5.82 Å². The van der Waals surface area contributed by atoms with Crippen LogP contribution in [-0.2, 0) is 0 Å². The van der Waals surface area contributed by atoms with Crippen LogP contribution < -0.4 is 4.74 Å². The Morgan fingerprint density at radius 3 is 2.81 bits per heavy atom. The Balaban J connectivity index is 1.70. The molecule has 0 fully saturated rings. The van der Waals surface area contributed by atoms with E-state index in [0.717, 1.165) is 11.3 Å². The lowest BCUT2D eigenvalue weighted by Gasteiger charge is -2.10. The lowest BCUT2D eigenvalue weighted by atomic mass is 10.0. The van der Waals surface area contributed by atoms with Crippen LogP contribution in [0.25, 0.3) is 16.8 Å². The fourth-order valence-electron chi connectivity index (χ4n) is 2.82. The molecule has 0 aliphatic carbocycles. The average Bonchev–Trinajstić information content (AvgIpc) is 3.40. The van der Waals surface area contributed by atoms with Crippen molar-refractivity contribution in [1.29, 1.82) is 0 Å². The molecule has 2 aromatic carbocycles. The van der Waals surface area contributed by atoms with Crippen molar-refractivity contribution >= 4 is 5.91 Å². The highest BCUT2D eigenvalue weighted by atomic mass is 19.1. The normalized spacial score (nSPS) is 10.7. The average molecular weight is 362 g/mol. The minimum absolute atomic E-state index is 0.271. The molecule has 0 amide bonds. The maximum atomic E-state index is 13.7. The molecular weight excluding hydrogens is 347 g/mol. The summed E-state index contributed by atoms with van der Waals surface area (Å²) < 4.78 is 22.0. The molecule has 0 aliphatic rings. The Labute approximate surface area is 154 Å². The second-order valence-corrected chi connectivity index (χ2v) is 5.82. The van der Waals surface area contributed by atoms with Gasteiger partial charge in [0.2, 0.25) is 0 Å². The summed E-state index contributed by atoms with van der Waals surface area (Å²) in [5, 5.41) is 3.92. The number of rotatable bonds is 4. The third-order valence-electron chi connectivity index (χ3n) is 4.13. The molecule has 134 valence electrons. The number of carbonyl (C=O) groups is 1. The number of benzene rings is 2. The summed E-state index contributed by atoms with van der Waals surface area (Å²) in [6, 6.07) is 13.5. The van der Waals surface area contributed by atoms with E-state index in [1.807, 2.05) is 24.3 Å². The van der Waals surface area contributed by atoms with E-state index in [1.165, 1.54) is 23.0 Å². The molecule has 0 N–H and O–H groups in total. The van der Waals surface area contributed by atoms with E-state index >= 15 is 0 Å². The van der Waals surface area contributed by atoms with E-state index in [-0.39, 0.29) is 17.4 Å². The van der Waals surface area contributed by atoms with Crippen LogP contribution in [0.4, 0.5) is 4.39 Å². The Kier molecular flexibility index (Phi) is 4.25. The molecule has 4 aromatic rings. The second-order valence-electron chi connectivity index (χ2n) is 5.82. The highest BCUT2D eigenvalue weighted by Gasteiger charge is 2.13. The predicted molar refractivity (Wildman–Crippen MR) is 97.5 cm³/mol. The standard InChI is InChI=1S/C20H15FN4O2/c1-27-19-7-6-15(21)11-17(19)14-4-2-5-16(10-14)24-12-18(22-13-24)20(26)25-9-3-8-23-25/h2-13H,1H3. The molecule has 0 atom stereocenters. The number of methoxy groups -OCH3 is 1. The van der Waals surface area contributed by atoms with Crippen molar-refractivity contribution < 1.29 is 13.9 Å². The lowest BCUT2D eigenvalue weighted by Crippen LogP contribution is -2.12. The number of hydrogen-bond donors (Lipinski definition) is 0. The summed E-state index contributed by atoms with van der Waals surface area (Å²) in [6.07, 6.45) is 6.29. The first-order valence-corrected chi connectivity index (χ1v) is 8.18. The first-order valence-electron chi connectivity index (χ1n) is 8.18. The van der Waals surface area contributed by atoms with E-state index in [9.17, 15) is 9.18 Å². The number of halogens is 1. The Bertz CT molecular complexity index is 1100. The van der Waals surface area contributed by atoms with Gasteiger partial charge in [-0.15, -0.1) is 0 Å². The second kappa shape index (κ2) is 6.87. The molecule has 2 heterocycles. The maximum Gasteiger partial charge on any atom is 0.298 e. The molecular formula is C20H15FN4O2. The van der Waals surface area contributed by atoms with Gasteiger partial charge in [0.1, 0.15) is 23.6 Å². The summed E-state index contributed by atoms with van der Waals surface area (Å²) in [4.78, 5) is 16.5. The van der Waals surface area contributed by atoms with E-state index in [1.54, 1.807) is 42.5 Å². The van der Waals surface area contributed by atoms with Crippen molar-refractivity contribution in [2.75, 3.05) is 7.11 Å². The molecule has 0 saturated heterocycles. The van der Waals surface area contributed by atoms with Crippen molar-refractivity contribution in [2.24, 2.45) is 0 Å². The molecule has 27 heavy (non-hydrogen) atoms. The van der Waals surface area contributed by atoms with Crippen LogP contribution in [0.15, 0.2) is 73.4 Å². The third-order valence-corrected chi connectivity index (χ3v) is 4.13. The minimum Gasteiger partial charge on any atom is -0.496 e. The van der Waals surface area contributed by atoms with Gasteiger partial charge < -0.3 is 9.30 Å². The Morgan fingerprint density at radius 2 is 2.04 bits per heavy atom. The monoisotopic (exact) mass is 362 g/mol. The van der Waals surface area contributed by atoms with Gasteiger partial charge in [-0.3, -0.25) is 4.79 Å². The summed E-state index contributed by atoms with van der Waals surface area (Å²) in [7, 11) is 1.55. The number of carbonyl (C=O) groups excluding carboxylic acids is 1. The number of ether oxygens (including phenoxy) is 1. The van der Waals surface area contributed by atoms with Crippen molar-refractivity contribution in [3.63, 3.8) is 0 Å². The molecule has 6 nitrogen and oxygen atoms in total. The van der Waals surface area contributed by atoms with Crippen LogP contribution in [0.2, 0.25) is 0 Å². The van der Waals surface area contributed by atoms with Crippen LogP contribution in [-0.4, -0.2) is 32.3 Å². The zero-order valence-corrected chi connectivity index (χ0v) is 14.4. The van der Waals surface area contributed by atoms with Gasteiger partial charge in [0.15, 0.2) is 0 Å². The van der Waals surface area contributed by atoms with Gasteiger partial charge >= 0.3 is 0 Å². The number of imidazole rings is 1. The third kappa shape index (κ3) is 3.22. The SMILES string of the molecule is COc1ccc(F)cc1-c1cccc(-n2cnc(C(=O)n3cccn3)c2)c1. The van der Waals surface area contributed by atoms with E-state index in [0.29, 0.717) is 11.3 Å². The smallest absolute Gasteiger partial charge is 0.298 e. The Hall–Kier alpha value is -3.74. The molecule has 0 unspecified atom stereocenters. The van der Waals surface area contributed by atoms with Crippen molar-refractivity contribution in [3.05, 3.63) is 85.0 Å². The predicted octanol–water partition coefficient (Wildman–Crippen LogP) is 3.57. The van der Waals surface area contributed by atoms with E-state index < -0.39 is 0 Å². The molecule has 7 heteroatoms. The Morgan fingerprint density at radius 1 is 1.15 bits per heavy atom. The van der Waals surface area contributed by atoms with Gasteiger partial charge in [0.25, 0.3) is 5.91 Å². The van der Waals surface area contributed by atoms with Crippen molar-refractivity contribution in [3.8, 4) is 22.6 Å². The molecule has 4 rings (SSSR count). The molecule has 0 aliphatic heterocycles. The highest BCUT2D eigenvalue weighted by Crippen LogP contribution is 2.31. The summed E-state index contributed by atoms with van der Waals surface area (Å²) in [6.45, 7) is 0. The molecule has 0 spiro atoms. The van der Waals surface area contributed by atoms with Crippen molar-refractivity contribution in [2.45, 2.75) is 0 Å². The molecule has 0 bridgehead atoms. The highest BCUT2D eigenvalue weighted by molar-refractivity contribution is 5.93. The number of aromatic nitrogens is 4. The van der Waals surface area contributed by atoms with E-state index in [2.05, 4.69) is 10.1 Å². The molecule has 0 radical (unpaired) electrons. The van der Waals surface area contributed by atoms with Gasteiger partial charge in [-0.25, -0.2) is 14.1 Å². The van der Waals surface area contributed by atoms with Gasteiger partial charge in [-0.05, 0) is 42.0 Å². The molecule has 0 saturated carbocycles. The van der Waals surface area contributed by atoms with Crippen LogP contribution in [0.5, 0.6) is 5.75 Å². The molecule has 2 aromatic heterocycles. The largest absolute Gasteiger partial charge is 0.496 e. The fraction of sp³-hybridized carbons (Fsp3) is 0.0500. The first-order chi connectivity index (χ1) is 13.2. The van der Waals surface area contributed by atoms with E-state index in [4.69, 9.17) is 4.74 Å². The summed E-state index contributed by atoms with van der Waals surface area (Å²) >= 11 is 0. The van der Waals surface area contributed by atoms with Crippen LogP contribution >= 0.6 is 0 Å². The van der Waals surface area contributed by atoms with Gasteiger partial charge in [0.05, 0.1) is 7.11 Å². The first kappa shape index (κ1) is 16.7. The van der Waals surface area contributed by atoms with Gasteiger partial charge in [0, 0.05) is 29.8 Å². The zero-order valence-electron chi connectivity index (χ0n) is 14.4. The number of hydrogen-bond acceptors (Lipinski definition) is 4. The van der Waals surface area contributed by atoms with Gasteiger partial charge in [-0.2, -0.15) is 5.10 Å². The zero-order chi connectivity index (χ0) is 18.8. The maximum absolute atomic E-state index is 13.7. The van der Waals surface area contributed by atoms with Gasteiger partial charge in [-0.1, -0.05) is 12.1 Å². The summed E-state index contributed by atoms with van der Waals surface area (Å²) in [5.41, 5.74) is 2.49. The van der Waals surface area contributed by atoms with Crippen LogP contribution in [0.3, 0.4) is 0 Å². The lowest BCUT2D eigenvalue weighted by molar-refractivity contribution is 0.0940. The fourth-order valence-corrected chi connectivity index (χ4v) is 2.82.